The van der Waals surface area contributed by atoms with Crippen molar-refractivity contribution >= 4 is 39.1 Å². The lowest BCUT2D eigenvalue weighted by atomic mass is 10.1. The molecule has 144 valence electrons. The van der Waals surface area contributed by atoms with Gasteiger partial charge in [0.25, 0.3) is 11.8 Å². The van der Waals surface area contributed by atoms with Crippen LogP contribution >= 0.6 is 11.3 Å². The first-order valence-corrected chi connectivity index (χ1v) is 9.45. The Morgan fingerprint density at radius 3 is 2.54 bits per heavy atom. The Kier molecular flexibility index (Phi) is 4.34. The minimum Gasteiger partial charge on any atom is -0.366 e. The first kappa shape index (κ1) is 18.4. The van der Waals surface area contributed by atoms with E-state index in [1.165, 1.54) is 11.3 Å². The molecule has 0 unspecified atom stereocenters. The summed E-state index contributed by atoms with van der Waals surface area (Å²) >= 11 is 1.19. The van der Waals surface area contributed by atoms with Gasteiger partial charge in [0.05, 0.1) is 21.8 Å². The van der Waals surface area contributed by atoms with Crippen molar-refractivity contribution in [3.05, 3.63) is 51.3 Å². The van der Waals surface area contributed by atoms with Crippen molar-refractivity contribution in [2.45, 2.75) is 32.6 Å². The number of thiophene rings is 1. The molecular formula is C19H16F2N4O2S. The van der Waals surface area contributed by atoms with Gasteiger partial charge in [0, 0.05) is 17.4 Å². The van der Waals surface area contributed by atoms with E-state index in [-0.39, 0.29) is 5.69 Å². The molecule has 0 saturated heterocycles. The van der Waals surface area contributed by atoms with Crippen molar-refractivity contribution < 1.29 is 18.4 Å². The van der Waals surface area contributed by atoms with Crippen molar-refractivity contribution in [1.82, 2.24) is 9.97 Å². The number of hydrogen-bond donors (Lipinski definition) is 2. The summed E-state index contributed by atoms with van der Waals surface area (Å²) in [5, 5.41) is 3.20. The third-order valence-corrected chi connectivity index (χ3v) is 5.89. The maximum atomic E-state index is 14.1. The number of fused-ring (bicyclic) bond motifs is 1. The molecule has 0 radical (unpaired) electrons. The molecule has 4 rings (SSSR count). The van der Waals surface area contributed by atoms with E-state index in [0.717, 1.165) is 35.8 Å². The average molecular weight is 402 g/mol. The standard InChI is InChI=1S/C19H16F2N4O2S/c1-7-14-8(2)23-17(9-3-4-9)25-19(14)28-15(7)18(27)24-13-5-10(16(22)26)11(20)6-12(13)21/h5-6,9H,3-4H2,1-2H3,(H2,22,26)(H,24,27). The summed E-state index contributed by atoms with van der Waals surface area (Å²) in [6.45, 7) is 3.65. The van der Waals surface area contributed by atoms with Gasteiger partial charge in [-0.3, -0.25) is 9.59 Å². The molecule has 0 atom stereocenters. The molecule has 0 bridgehead atoms. The number of hydrogen-bond acceptors (Lipinski definition) is 5. The van der Waals surface area contributed by atoms with Gasteiger partial charge in [-0.05, 0) is 38.3 Å². The highest BCUT2D eigenvalue weighted by atomic mass is 32.1. The normalized spacial score (nSPS) is 13.7. The van der Waals surface area contributed by atoms with Crippen LogP contribution in [-0.4, -0.2) is 21.8 Å². The van der Waals surface area contributed by atoms with Gasteiger partial charge in [0.2, 0.25) is 0 Å². The SMILES string of the molecule is Cc1nc(C2CC2)nc2sc(C(=O)Nc3cc(C(N)=O)c(F)cc3F)c(C)c12. The summed E-state index contributed by atoms with van der Waals surface area (Å²) in [7, 11) is 0. The molecule has 0 spiro atoms. The summed E-state index contributed by atoms with van der Waals surface area (Å²) < 4.78 is 27.7. The summed E-state index contributed by atoms with van der Waals surface area (Å²) in [6, 6.07) is 1.41. The number of carbonyl (C=O) groups excluding carboxylic acids is 2. The maximum Gasteiger partial charge on any atom is 0.266 e. The van der Waals surface area contributed by atoms with Gasteiger partial charge in [-0.1, -0.05) is 0 Å². The van der Waals surface area contributed by atoms with Crippen molar-refractivity contribution in [2.24, 2.45) is 5.73 Å². The van der Waals surface area contributed by atoms with Crippen LogP contribution in [0.4, 0.5) is 14.5 Å². The molecule has 1 fully saturated rings. The fourth-order valence-electron chi connectivity index (χ4n) is 3.11. The second-order valence-corrected chi connectivity index (χ2v) is 7.81. The lowest BCUT2D eigenvalue weighted by molar-refractivity contribution is 0.0992. The number of rotatable bonds is 4. The van der Waals surface area contributed by atoms with E-state index in [9.17, 15) is 18.4 Å². The molecule has 2 heterocycles. The fraction of sp³-hybridized carbons (Fsp3) is 0.263. The molecule has 6 nitrogen and oxygen atoms in total. The van der Waals surface area contributed by atoms with Gasteiger partial charge in [-0.2, -0.15) is 0 Å². The molecular weight excluding hydrogens is 386 g/mol. The monoisotopic (exact) mass is 402 g/mol. The molecule has 0 aliphatic heterocycles. The maximum absolute atomic E-state index is 14.1. The number of nitrogens with two attached hydrogens (primary N) is 1. The summed E-state index contributed by atoms with van der Waals surface area (Å²) in [4.78, 5) is 34.2. The third kappa shape index (κ3) is 3.11. The zero-order chi connectivity index (χ0) is 20.2. The van der Waals surface area contributed by atoms with Gasteiger partial charge < -0.3 is 11.1 Å². The number of benzene rings is 1. The number of nitrogens with zero attached hydrogens (tertiary/aromatic N) is 2. The minimum absolute atomic E-state index is 0.321. The highest BCUT2D eigenvalue weighted by molar-refractivity contribution is 7.20. The molecule has 1 aliphatic carbocycles. The van der Waals surface area contributed by atoms with Crippen molar-refractivity contribution in [3.8, 4) is 0 Å². The van der Waals surface area contributed by atoms with Crippen LogP contribution in [-0.2, 0) is 0 Å². The van der Waals surface area contributed by atoms with Gasteiger partial charge >= 0.3 is 0 Å². The largest absolute Gasteiger partial charge is 0.366 e. The molecule has 2 aromatic heterocycles. The Morgan fingerprint density at radius 1 is 1.18 bits per heavy atom. The Labute approximate surface area is 162 Å². The number of aryl methyl sites for hydroxylation is 2. The average Bonchev–Trinajstić information content (AvgIpc) is 3.41. The molecule has 3 aromatic rings. The predicted octanol–water partition coefficient (Wildman–Crippen LogP) is 3.81. The van der Waals surface area contributed by atoms with E-state index in [1.807, 2.05) is 6.92 Å². The van der Waals surface area contributed by atoms with Crippen LogP contribution in [0.25, 0.3) is 10.2 Å². The zero-order valence-electron chi connectivity index (χ0n) is 15.1. The van der Waals surface area contributed by atoms with E-state index < -0.39 is 29.0 Å². The van der Waals surface area contributed by atoms with E-state index >= 15 is 0 Å². The van der Waals surface area contributed by atoms with E-state index in [2.05, 4.69) is 15.3 Å². The Bertz CT molecular complexity index is 1150. The summed E-state index contributed by atoms with van der Waals surface area (Å²) in [6.07, 6.45) is 2.13. The molecule has 3 N–H and O–H groups in total. The van der Waals surface area contributed by atoms with Gasteiger partial charge in [0.1, 0.15) is 22.3 Å². The first-order valence-electron chi connectivity index (χ1n) is 8.64. The number of carbonyl (C=O) groups is 2. The van der Waals surface area contributed by atoms with Crippen LogP contribution in [0.15, 0.2) is 12.1 Å². The second-order valence-electron chi connectivity index (χ2n) is 6.81. The van der Waals surface area contributed by atoms with Gasteiger partial charge in [-0.25, -0.2) is 18.7 Å². The number of amides is 2. The van der Waals surface area contributed by atoms with Gasteiger partial charge in [0.15, 0.2) is 0 Å². The number of aromatic nitrogens is 2. The topological polar surface area (TPSA) is 98.0 Å². The molecule has 1 aliphatic rings. The number of halogens is 2. The number of anilines is 1. The smallest absolute Gasteiger partial charge is 0.266 e. The quantitative estimate of drug-likeness (QED) is 0.693. The van der Waals surface area contributed by atoms with Crippen LogP contribution in [0.3, 0.4) is 0 Å². The molecule has 1 aromatic carbocycles. The number of primary amides is 1. The van der Waals surface area contributed by atoms with E-state index in [1.54, 1.807) is 6.92 Å². The first-order chi connectivity index (χ1) is 13.3. The van der Waals surface area contributed by atoms with Crippen LogP contribution < -0.4 is 11.1 Å². The van der Waals surface area contributed by atoms with Crippen LogP contribution in [0.1, 0.15) is 55.9 Å². The molecule has 28 heavy (non-hydrogen) atoms. The molecule has 2 amide bonds. The zero-order valence-corrected chi connectivity index (χ0v) is 15.9. The van der Waals surface area contributed by atoms with Crippen molar-refractivity contribution in [2.75, 3.05) is 5.32 Å². The minimum atomic E-state index is -1.08. The molecule has 9 heteroatoms. The van der Waals surface area contributed by atoms with Crippen LogP contribution in [0.2, 0.25) is 0 Å². The van der Waals surface area contributed by atoms with Crippen molar-refractivity contribution in [1.29, 1.82) is 0 Å². The Hall–Kier alpha value is -2.94. The fourth-order valence-corrected chi connectivity index (χ4v) is 4.25. The van der Waals surface area contributed by atoms with Crippen molar-refractivity contribution in [3.63, 3.8) is 0 Å². The second kappa shape index (κ2) is 6.59. The summed E-state index contributed by atoms with van der Waals surface area (Å²) in [5.41, 5.74) is 5.75. The number of nitrogens with one attached hydrogen (secondary N) is 1. The van der Waals surface area contributed by atoms with Crippen LogP contribution in [0, 0.1) is 25.5 Å². The molecule has 1 saturated carbocycles. The lowest BCUT2D eigenvalue weighted by Gasteiger charge is -2.08. The Morgan fingerprint density at radius 2 is 1.89 bits per heavy atom. The van der Waals surface area contributed by atoms with E-state index in [4.69, 9.17) is 5.73 Å². The third-order valence-electron chi connectivity index (χ3n) is 4.71. The Balaban J connectivity index is 1.72. The predicted molar refractivity (Wildman–Crippen MR) is 102 cm³/mol. The highest BCUT2D eigenvalue weighted by Crippen LogP contribution is 2.40. The highest BCUT2D eigenvalue weighted by Gasteiger charge is 2.28. The van der Waals surface area contributed by atoms with Crippen LogP contribution in [0.5, 0.6) is 0 Å². The van der Waals surface area contributed by atoms with Gasteiger partial charge in [-0.15, -0.1) is 11.3 Å². The summed E-state index contributed by atoms with van der Waals surface area (Å²) in [5.74, 6) is -2.54. The lowest BCUT2D eigenvalue weighted by Crippen LogP contribution is -2.17. The van der Waals surface area contributed by atoms with E-state index in [0.29, 0.717) is 27.3 Å².